The number of likely N-dealkylation sites (tertiary alicyclic amines) is 1. The fourth-order valence-electron chi connectivity index (χ4n) is 3.93. The molecule has 4 rings (SSSR count). The van der Waals surface area contributed by atoms with Crippen LogP contribution in [0.3, 0.4) is 0 Å². The first-order valence-electron chi connectivity index (χ1n) is 9.94. The second-order valence-electron chi connectivity index (χ2n) is 7.62. The molecule has 164 valence electrons. The first-order valence-corrected chi connectivity index (χ1v) is 9.94. The molecule has 0 radical (unpaired) electrons. The number of amides is 1. The van der Waals surface area contributed by atoms with E-state index in [1.54, 1.807) is 13.1 Å². The molecule has 0 spiro atoms. The molecule has 6 nitrogen and oxygen atoms in total. The minimum Gasteiger partial charge on any atom is -0.491 e. The lowest BCUT2D eigenvalue weighted by atomic mass is 10.00. The second-order valence-corrected chi connectivity index (χ2v) is 7.62. The Balaban J connectivity index is 1.64. The molecule has 2 aromatic carbocycles. The van der Waals surface area contributed by atoms with Gasteiger partial charge in [-0.2, -0.15) is 13.2 Å². The predicted octanol–water partition coefficient (Wildman–Crippen LogP) is 4.20. The van der Waals surface area contributed by atoms with Crippen molar-refractivity contribution in [3.8, 4) is 16.9 Å². The number of nitrogens with zero attached hydrogens (tertiary/aromatic N) is 3. The van der Waals surface area contributed by atoms with Crippen LogP contribution in [0.5, 0.6) is 5.75 Å². The first kappa shape index (κ1) is 21.0. The second kappa shape index (κ2) is 8.13. The molecule has 1 atom stereocenters. The van der Waals surface area contributed by atoms with E-state index in [2.05, 4.69) is 4.99 Å². The molecular formula is C22H22F3N3O3. The van der Waals surface area contributed by atoms with Crippen LogP contribution in [-0.4, -0.2) is 66.2 Å². The molecule has 2 aromatic rings. The fraction of sp³-hybridized carbons (Fsp3) is 0.364. The lowest BCUT2D eigenvalue weighted by Gasteiger charge is -2.24. The molecule has 0 saturated carbocycles. The van der Waals surface area contributed by atoms with Gasteiger partial charge in [0.25, 0.3) is 0 Å². The third-order valence-corrected chi connectivity index (χ3v) is 5.69. The average Bonchev–Trinajstić information content (AvgIpc) is 3.13. The van der Waals surface area contributed by atoms with E-state index in [4.69, 9.17) is 4.74 Å². The molecule has 1 N–H and O–H groups in total. The zero-order chi connectivity index (χ0) is 22.2. The molecule has 0 aromatic heterocycles. The lowest BCUT2D eigenvalue weighted by molar-refractivity contribution is -0.137. The zero-order valence-corrected chi connectivity index (χ0v) is 16.9. The highest BCUT2D eigenvalue weighted by Gasteiger charge is 2.32. The van der Waals surface area contributed by atoms with Gasteiger partial charge in [0.1, 0.15) is 18.2 Å². The van der Waals surface area contributed by atoms with E-state index in [1.807, 2.05) is 17.0 Å². The van der Waals surface area contributed by atoms with Crippen molar-refractivity contribution in [1.82, 2.24) is 9.80 Å². The Labute approximate surface area is 177 Å². The number of likely N-dealkylation sites (N-methyl/N-ethyl adjacent to an activating group) is 1. The summed E-state index contributed by atoms with van der Waals surface area (Å²) < 4.78 is 44.4. The predicted molar refractivity (Wildman–Crippen MR) is 110 cm³/mol. The summed E-state index contributed by atoms with van der Waals surface area (Å²) in [6.45, 7) is 2.06. The maximum atomic E-state index is 12.9. The van der Waals surface area contributed by atoms with E-state index in [-0.39, 0.29) is 6.04 Å². The number of ether oxygens (including phenoxy) is 1. The maximum Gasteiger partial charge on any atom is 0.416 e. The van der Waals surface area contributed by atoms with Crippen molar-refractivity contribution >= 4 is 11.9 Å². The summed E-state index contributed by atoms with van der Waals surface area (Å²) in [4.78, 5) is 19.3. The van der Waals surface area contributed by atoms with Crippen LogP contribution in [0.4, 0.5) is 18.0 Å². The van der Waals surface area contributed by atoms with Crippen molar-refractivity contribution in [1.29, 1.82) is 0 Å². The van der Waals surface area contributed by atoms with E-state index in [0.29, 0.717) is 44.0 Å². The van der Waals surface area contributed by atoms with Crippen molar-refractivity contribution < 1.29 is 27.8 Å². The Morgan fingerprint density at radius 2 is 1.90 bits per heavy atom. The minimum atomic E-state index is -4.38. The van der Waals surface area contributed by atoms with Gasteiger partial charge in [-0.3, -0.25) is 4.99 Å². The highest BCUT2D eigenvalue weighted by atomic mass is 19.4. The molecule has 2 heterocycles. The van der Waals surface area contributed by atoms with Gasteiger partial charge < -0.3 is 19.6 Å². The van der Waals surface area contributed by atoms with Crippen LogP contribution < -0.4 is 4.74 Å². The van der Waals surface area contributed by atoms with Crippen LogP contribution in [0.15, 0.2) is 47.5 Å². The summed E-state index contributed by atoms with van der Waals surface area (Å²) in [7, 11) is 1.56. The molecule has 1 amide bonds. The number of carboxylic acid groups (broad SMARTS) is 1. The highest BCUT2D eigenvalue weighted by Crippen LogP contribution is 2.33. The molecule has 9 heteroatoms. The van der Waals surface area contributed by atoms with Gasteiger partial charge in [0.05, 0.1) is 23.7 Å². The number of hydrogen-bond acceptors (Lipinski definition) is 4. The summed E-state index contributed by atoms with van der Waals surface area (Å²) in [6, 6.07) is 10.4. The standard InChI is InChI=1S/C22H22F3N3O3/c1-27(21(29)30)17-8-10-28(13-17)20-18-12-15(4-7-19(18)31-11-9-26-20)14-2-5-16(6-3-14)22(23,24)25/h2-7,12,17H,8-11,13H2,1H3,(H,29,30)/t17-/m1/s1. The molecular weight excluding hydrogens is 411 g/mol. The van der Waals surface area contributed by atoms with Gasteiger partial charge in [-0.05, 0) is 41.8 Å². The van der Waals surface area contributed by atoms with Gasteiger partial charge in [-0.25, -0.2) is 4.79 Å². The van der Waals surface area contributed by atoms with Crippen molar-refractivity contribution in [2.75, 3.05) is 33.3 Å². The van der Waals surface area contributed by atoms with Crippen LogP contribution in [0, 0.1) is 0 Å². The smallest absolute Gasteiger partial charge is 0.416 e. The number of amidine groups is 1. The largest absolute Gasteiger partial charge is 0.491 e. The molecule has 0 aliphatic carbocycles. The Hall–Kier alpha value is -3.23. The van der Waals surface area contributed by atoms with Gasteiger partial charge in [-0.15, -0.1) is 0 Å². The molecule has 2 aliphatic heterocycles. The van der Waals surface area contributed by atoms with Gasteiger partial charge in [-0.1, -0.05) is 18.2 Å². The van der Waals surface area contributed by atoms with Gasteiger partial charge in [0.2, 0.25) is 0 Å². The van der Waals surface area contributed by atoms with Crippen LogP contribution in [0.2, 0.25) is 0 Å². The van der Waals surface area contributed by atoms with Gasteiger partial charge in [0, 0.05) is 20.1 Å². The summed E-state index contributed by atoms with van der Waals surface area (Å²) in [5, 5.41) is 9.26. The minimum absolute atomic E-state index is 0.133. The van der Waals surface area contributed by atoms with Crippen molar-refractivity contribution in [3.05, 3.63) is 53.6 Å². The number of hydrogen-bond donors (Lipinski definition) is 1. The monoisotopic (exact) mass is 433 g/mol. The highest BCUT2D eigenvalue weighted by molar-refractivity contribution is 6.02. The SMILES string of the molecule is CN(C(=O)O)[C@@H]1CCN(C2=NCCOc3ccc(-c4ccc(C(F)(F)F)cc4)cc32)C1. The number of carbonyl (C=O) groups is 1. The third kappa shape index (κ3) is 4.30. The number of alkyl halides is 3. The summed E-state index contributed by atoms with van der Waals surface area (Å²) >= 11 is 0. The lowest BCUT2D eigenvalue weighted by Crippen LogP contribution is -2.39. The quantitative estimate of drug-likeness (QED) is 0.771. The number of benzene rings is 2. The van der Waals surface area contributed by atoms with Crippen molar-refractivity contribution in [2.45, 2.75) is 18.6 Å². The van der Waals surface area contributed by atoms with Crippen LogP contribution in [0.25, 0.3) is 11.1 Å². The number of halogens is 3. The van der Waals surface area contributed by atoms with Crippen LogP contribution in [0.1, 0.15) is 17.5 Å². The van der Waals surface area contributed by atoms with E-state index in [1.165, 1.54) is 17.0 Å². The molecule has 0 unspecified atom stereocenters. The number of fused-ring (bicyclic) bond motifs is 1. The van der Waals surface area contributed by atoms with E-state index < -0.39 is 17.8 Å². The first-order chi connectivity index (χ1) is 14.7. The van der Waals surface area contributed by atoms with Crippen LogP contribution in [-0.2, 0) is 6.18 Å². The Kier molecular flexibility index (Phi) is 5.51. The number of rotatable bonds is 2. The maximum absolute atomic E-state index is 12.9. The van der Waals surface area contributed by atoms with Crippen molar-refractivity contribution in [2.24, 2.45) is 4.99 Å². The van der Waals surface area contributed by atoms with Crippen molar-refractivity contribution in [3.63, 3.8) is 0 Å². The average molecular weight is 433 g/mol. The normalized spacial score (nSPS) is 18.6. The summed E-state index contributed by atoms with van der Waals surface area (Å²) in [5.41, 5.74) is 1.48. The topological polar surface area (TPSA) is 65.4 Å². The molecule has 2 aliphatic rings. The zero-order valence-electron chi connectivity index (χ0n) is 16.9. The van der Waals surface area contributed by atoms with E-state index in [9.17, 15) is 23.1 Å². The Morgan fingerprint density at radius 3 is 2.58 bits per heavy atom. The van der Waals surface area contributed by atoms with Gasteiger partial charge in [0.15, 0.2) is 0 Å². The molecule has 1 fully saturated rings. The summed E-state index contributed by atoms with van der Waals surface area (Å²) in [5.74, 6) is 1.38. The molecule has 0 bridgehead atoms. The summed E-state index contributed by atoms with van der Waals surface area (Å²) in [6.07, 6.45) is -4.66. The van der Waals surface area contributed by atoms with E-state index in [0.717, 1.165) is 29.1 Å². The fourth-order valence-corrected chi connectivity index (χ4v) is 3.93. The van der Waals surface area contributed by atoms with E-state index >= 15 is 0 Å². The van der Waals surface area contributed by atoms with Gasteiger partial charge >= 0.3 is 12.3 Å². The molecule has 1 saturated heterocycles. The Morgan fingerprint density at radius 1 is 1.19 bits per heavy atom. The molecule has 31 heavy (non-hydrogen) atoms. The Bertz CT molecular complexity index is 1010. The van der Waals surface area contributed by atoms with Crippen LogP contribution >= 0.6 is 0 Å². The number of aliphatic imine (C=N–C) groups is 1. The third-order valence-electron chi connectivity index (χ3n) is 5.69.